The zero-order valence-corrected chi connectivity index (χ0v) is 17.1. The molecule has 11 heteroatoms. The average molecular weight is 416 g/mol. The number of hydrogen-bond acceptors (Lipinski definition) is 8. The second-order valence-electron chi connectivity index (χ2n) is 6.78. The van der Waals surface area contributed by atoms with Gasteiger partial charge in [-0.25, -0.2) is 8.42 Å². The fourth-order valence-corrected chi connectivity index (χ4v) is 5.31. The van der Waals surface area contributed by atoms with Crippen molar-refractivity contribution in [2.75, 3.05) is 31.1 Å². The first-order valence-electron chi connectivity index (χ1n) is 9.03. The van der Waals surface area contributed by atoms with Gasteiger partial charge in [0.25, 0.3) is 5.89 Å². The summed E-state index contributed by atoms with van der Waals surface area (Å²) in [5.41, 5.74) is 1.24. The quantitative estimate of drug-likeness (QED) is 0.629. The number of oxazole rings is 1. The molecule has 1 aliphatic rings. The fraction of sp³-hybridized carbons (Fsp3) is 0.389. The van der Waals surface area contributed by atoms with Crippen molar-refractivity contribution < 1.29 is 17.3 Å². The van der Waals surface area contributed by atoms with E-state index in [9.17, 15) is 13.7 Å². The molecule has 0 radical (unpaired) electrons. The SMILES string of the molecule is Cc1nn(C)c(C)c1S(=O)(=O)N1CCN(c2oc(-c3ccco3)nc2C#N)CC1. The van der Waals surface area contributed by atoms with Crippen LogP contribution in [0.3, 0.4) is 0 Å². The Hall–Kier alpha value is -3.10. The van der Waals surface area contributed by atoms with Gasteiger partial charge in [0.2, 0.25) is 21.6 Å². The molecule has 0 aromatic carbocycles. The lowest BCUT2D eigenvalue weighted by molar-refractivity contribution is 0.373. The van der Waals surface area contributed by atoms with Crippen LogP contribution in [-0.2, 0) is 17.1 Å². The van der Waals surface area contributed by atoms with E-state index in [2.05, 4.69) is 10.1 Å². The third kappa shape index (κ3) is 3.20. The van der Waals surface area contributed by atoms with E-state index in [1.165, 1.54) is 10.6 Å². The van der Waals surface area contributed by atoms with E-state index in [0.29, 0.717) is 36.1 Å². The second-order valence-corrected chi connectivity index (χ2v) is 8.65. The molecule has 4 rings (SSSR count). The van der Waals surface area contributed by atoms with Crippen LogP contribution in [0.4, 0.5) is 5.88 Å². The molecule has 1 aliphatic heterocycles. The van der Waals surface area contributed by atoms with Crippen LogP contribution in [0, 0.1) is 25.2 Å². The Morgan fingerprint density at radius 3 is 2.48 bits per heavy atom. The monoisotopic (exact) mass is 416 g/mol. The smallest absolute Gasteiger partial charge is 0.266 e. The predicted octanol–water partition coefficient (Wildman–Crippen LogP) is 1.67. The number of nitrogens with zero attached hydrogens (tertiary/aromatic N) is 6. The second kappa shape index (κ2) is 7.06. The first kappa shape index (κ1) is 19.2. The number of nitriles is 1. The molecule has 0 spiro atoms. The van der Waals surface area contributed by atoms with Crippen LogP contribution in [0.5, 0.6) is 0 Å². The Bertz CT molecular complexity index is 1180. The molecule has 29 heavy (non-hydrogen) atoms. The number of sulfonamides is 1. The molecule has 1 fully saturated rings. The summed E-state index contributed by atoms with van der Waals surface area (Å²) >= 11 is 0. The Labute approximate surface area is 168 Å². The van der Waals surface area contributed by atoms with Gasteiger partial charge in [0.15, 0.2) is 5.76 Å². The van der Waals surface area contributed by atoms with Gasteiger partial charge in [0.05, 0.1) is 17.7 Å². The van der Waals surface area contributed by atoms with Gasteiger partial charge in [-0.3, -0.25) is 4.68 Å². The molecule has 0 atom stereocenters. The summed E-state index contributed by atoms with van der Waals surface area (Å²) in [6.07, 6.45) is 1.50. The van der Waals surface area contributed by atoms with Crippen molar-refractivity contribution in [2.24, 2.45) is 7.05 Å². The first-order chi connectivity index (χ1) is 13.8. The highest BCUT2D eigenvalue weighted by atomic mass is 32.2. The summed E-state index contributed by atoms with van der Waals surface area (Å²) < 4.78 is 40.3. The number of aryl methyl sites for hydroxylation is 2. The summed E-state index contributed by atoms with van der Waals surface area (Å²) in [5.74, 6) is 0.972. The van der Waals surface area contributed by atoms with Gasteiger partial charge < -0.3 is 13.7 Å². The van der Waals surface area contributed by atoms with E-state index in [-0.39, 0.29) is 29.6 Å². The van der Waals surface area contributed by atoms with Gasteiger partial charge in [-0.1, -0.05) is 0 Å². The van der Waals surface area contributed by atoms with Gasteiger partial charge in [-0.05, 0) is 26.0 Å². The maximum absolute atomic E-state index is 13.1. The van der Waals surface area contributed by atoms with E-state index in [0.717, 1.165) is 0 Å². The maximum atomic E-state index is 13.1. The molecule has 0 bridgehead atoms. The normalized spacial score (nSPS) is 15.6. The topological polar surface area (TPSA) is 121 Å². The zero-order chi connectivity index (χ0) is 20.8. The molecule has 1 saturated heterocycles. The molecule has 0 unspecified atom stereocenters. The van der Waals surface area contributed by atoms with Gasteiger partial charge >= 0.3 is 0 Å². The minimum absolute atomic E-state index is 0.145. The Morgan fingerprint density at radius 1 is 1.21 bits per heavy atom. The minimum atomic E-state index is -3.66. The standard InChI is InChI=1S/C18H20N6O4S/c1-12-16(13(2)22(3)21-12)29(25,26)24-8-6-23(7-9-24)18-14(11-19)20-17(28-18)15-5-4-10-27-15/h4-5,10H,6-9H2,1-3H3. The summed E-state index contributed by atoms with van der Waals surface area (Å²) in [7, 11) is -1.93. The first-order valence-corrected chi connectivity index (χ1v) is 10.5. The van der Waals surface area contributed by atoms with Gasteiger partial charge in [0.1, 0.15) is 11.0 Å². The van der Waals surface area contributed by atoms with Crippen molar-refractivity contribution in [1.29, 1.82) is 5.26 Å². The van der Waals surface area contributed by atoms with Crippen LogP contribution >= 0.6 is 0 Å². The number of aromatic nitrogens is 3. The summed E-state index contributed by atoms with van der Waals surface area (Å²) in [4.78, 5) is 6.26. The highest BCUT2D eigenvalue weighted by molar-refractivity contribution is 7.89. The average Bonchev–Trinajstić information content (AvgIpc) is 3.41. The Balaban J connectivity index is 1.55. The molecule has 0 amide bonds. The molecule has 3 aromatic rings. The summed E-state index contributed by atoms with van der Waals surface area (Å²) in [6.45, 7) is 4.71. The van der Waals surface area contributed by atoms with E-state index in [4.69, 9.17) is 8.83 Å². The molecule has 0 saturated carbocycles. The third-order valence-corrected chi connectivity index (χ3v) is 7.17. The molecular formula is C18H20N6O4S. The number of furan rings is 1. The van der Waals surface area contributed by atoms with Crippen molar-refractivity contribution in [3.63, 3.8) is 0 Å². The van der Waals surface area contributed by atoms with Crippen LogP contribution in [0.1, 0.15) is 17.1 Å². The lowest BCUT2D eigenvalue weighted by Gasteiger charge is -2.33. The zero-order valence-electron chi connectivity index (χ0n) is 16.3. The van der Waals surface area contributed by atoms with Crippen LogP contribution in [-0.4, -0.2) is 53.7 Å². The number of piperazine rings is 1. The lowest BCUT2D eigenvalue weighted by Crippen LogP contribution is -2.49. The van der Waals surface area contributed by atoms with Crippen LogP contribution in [0.25, 0.3) is 11.7 Å². The Morgan fingerprint density at radius 2 is 1.93 bits per heavy atom. The van der Waals surface area contributed by atoms with E-state index in [1.807, 2.05) is 11.0 Å². The maximum Gasteiger partial charge on any atom is 0.266 e. The largest absolute Gasteiger partial charge is 0.459 e. The number of hydrogen-bond donors (Lipinski definition) is 0. The number of rotatable bonds is 4. The van der Waals surface area contributed by atoms with E-state index < -0.39 is 10.0 Å². The van der Waals surface area contributed by atoms with Crippen molar-refractivity contribution >= 4 is 15.9 Å². The van der Waals surface area contributed by atoms with E-state index in [1.54, 1.807) is 37.7 Å². The molecule has 3 aromatic heterocycles. The van der Waals surface area contributed by atoms with Crippen molar-refractivity contribution in [3.8, 4) is 17.7 Å². The van der Waals surface area contributed by atoms with Crippen LogP contribution < -0.4 is 4.90 Å². The lowest BCUT2D eigenvalue weighted by atomic mass is 10.3. The fourth-order valence-electron chi connectivity index (χ4n) is 3.49. The van der Waals surface area contributed by atoms with Crippen molar-refractivity contribution in [3.05, 3.63) is 35.5 Å². The number of anilines is 1. The highest BCUT2D eigenvalue weighted by Crippen LogP contribution is 2.30. The van der Waals surface area contributed by atoms with Gasteiger partial charge in [-0.15, -0.1) is 0 Å². The molecule has 0 aliphatic carbocycles. The third-order valence-electron chi connectivity index (χ3n) is 5.01. The van der Waals surface area contributed by atoms with Crippen molar-refractivity contribution in [1.82, 2.24) is 19.1 Å². The predicted molar refractivity (Wildman–Crippen MR) is 103 cm³/mol. The van der Waals surface area contributed by atoms with Gasteiger partial charge in [0, 0.05) is 33.2 Å². The summed E-state index contributed by atoms with van der Waals surface area (Å²) in [6, 6.07) is 5.43. The minimum Gasteiger partial charge on any atom is -0.459 e. The molecule has 4 heterocycles. The molecule has 10 nitrogen and oxygen atoms in total. The molecule has 0 N–H and O–H groups in total. The van der Waals surface area contributed by atoms with Crippen molar-refractivity contribution in [2.45, 2.75) is 18.7 Å². The highest BCUT2D eigenvalue weighted by Gasteiger charge is 2.34. The Kier molecular flexibility index (Phi) is 4.68. The van der Waals surface area contributed by atoms with Gasteiger partial charge in [-0.2, -0.15) is 19.6 Å². The molecular weight excluding hydrogens is 396 g/mol. The summed E-state index contributed by atoms with van der Waals surface area (Å²) in [5, 5.41) is 13.6. The molecule has 152 valence electrons. The van der Waals surface area contributed by atoms with E-state index >= 15 is 0 Å². The van der Waals surface area contributed by atoms with Crippen LogP contribution in [0.2, 0.25) is 0 Å². The van der Waals surface area contributed by atoms with Crippen LogP contribution in [0.15, 0.2) is 32.1 Å².